The Bertz CT molecular complexity index is 433. The van der Waals surface area contributed by atoms with Gasteiger partial charge in [0, 0.05) is 12.7 Å². The standard InChI is InChI=1S/C15H23N3O/c1-17-15(19)14-8-4-10-18(14)9-3-6-12-5-2-7-13(16)11-12/h2,5,7,11,14H,3-4,6,8-10,16H2,1H3,(H,17,19). The molecule has 0 radical (unpaired) electrons. The van der Waals surface area contributed by atoms with E-state index in [9.17, 15) is 4.79 Å². The quantitative estimate of drug-likeness (QED) is 0.788. The van der Waals surface area contributed by atoms with Gasteiger partial charge < -0.3 is 11.1 Å². The molecule has 1 unspecified atom stereocenters. The Balaban J connectivity index is 1.80. The maximum Gasteiger partial charge on any atom is 0.237 e. The zero-order valence-corrected chi connectivity index (χ0v) is 11.6. The molecule has 1 heterocycles. The molecule has 1 atom stereocenters. The van der Waals surface area contributed by atoms with Crippen LogP contribution in [-0.4, -0.2) is 37.0 Å². The average molecular weight is 261 g/mol. The van der Waals surface area contributed by atoms with Crippen molar-refractivity contribution < 1.29 is 4.79 Å². The molecule has 0 spiro atoms. The molecule has 3 N–H and O–H groups in total. The molecule has 4 heteroatoms. The molecule has 0 saturated carbocycles. The maximum absolute atomic E-state index is 11.7. The van der Waals surface area contributed by atoms with Crippen LogP contribution in [0.4, 0.5) is 5.69 Å². The van der Waals surface area contributed by atoms with Crippen LogP contribution in [0.3, 0.4) is 0 Å². The number of anilines is 1. The Kier molecular flexibility index (Phi) is 4.80. The highest BCUT2D eigenvalue weighted by Crippen LogP contribution is 2.18. The van der Waals surface area contributed by atoms with Crippen LogP contribution in [0.25, 0.3) is 0 Å². The fraction of sp³-hybridized carbons (Fsp3) is 0.533. The van der Waals surface area contributed by atoms with Crippen LogP contribution < -0.4 is 11.1 Å². The minimum Gasteiger partial charge on any atom is -0.399 e. The minimum atomic E-state index is 0.0749. The van der Waals surface area contributed by atoms with E-state index in [4.69, 9.17) is 5.73 Å². The van der Waals surface area contributed by atoms with Crippen molar-refractivity contribution in [2.75, 3.05) is 25.9 Å². The van der Waals surface area contributed by atoms with Gasteiger partial charge in [-0.25, -0.2) is 0 Å². The third-order valence-corrected chi connectivity index (χ3v) is 3.77. The first-order valence-corrected chi connectivity index (χ1v) is 7.01. The van der Waals surface area contributed by atoms with Crippen molar-refractivity contribution >= 4 is 11.6 Å². The summed E-state index contributed by atoms with van der Waals surface area (Å²) in [7, 11) is 1.71. The Hall–Kier alpha value is -1.55. The number of aryl methyl sites for hydroxylation is 1. The predicted molar refractivity (Wildman–Crippen MR) is 77.8 cm³/mol. The number of likely N-dealkylation sites (tertiary alicyclic amines) is 1. The van der Waals surface area contributed by atoms with Gasteiger partial charge >= 0.3 is 0 Å². The Morgan fingerprint density at radius 2 is 2.37 bits per heavy atom. The number of rotatable bonds is 5. The van der Waals surface area contributed by atoms with E-state index in [2.05, 4.69) is 16.3 Å². The first-order valence-electron chi connectivity index (χ1n) is 7.01. The van der Waals surface area contributed by atoms with Gasteiger partial charge in [-0.1, -0.05) is 12.1 Å². The summed E-state index contributed by atoms with van der Waals surface area (Å²) in [6, 6.07) is 8.11. The maximum atomic E-state index is 11.7. The number of nitrogens with two attached hydrogens (primary N) is 1. The fourth-order valence-electron chi connectivity index (χ4n) is 2.79. The summed E-state index contributed by atoms with van der Waals surface area (Å²) in [5, 5.41) is 2.76. The molecule has 0 bridgehead atoms. The summed E-state index contributed by atoms with van der Waals surface area (Å²) in [6.45, 7) is 2.02. The van der Waals surface area contributed by atoms with Crippen LogP contribution >= 0.6 is 0 Å². The van der Waals surface area contributed by atoms with E-state index >= 15 is 0 Å². The summed E-state index contributed by atoms with van der Waals surface area (Å²) < 4.78 is 0. The Morgan fingerprint density at radius 3 is 3.11 bits per heavy atom. The van der Waals surface area contributed by atoms with Crippen molar-refractivity contribution in [2.24, 2.45) is 0 Å². The average Bonchev–Trinajstić information content (AvgIpc) is 2.86. The van der Waals surface area contributed by atoms with Gasteiger partial charge in [0.2, 0.25) is 5.91 Å². The van der Waals surface area contributed by atoms with Crippen molar-refractivity contribution in [1.82, 2.24) is 10.2 Å². The highest BCUT2D eigenvalue weighted by Gasteiger charge is 2.29. The van der Waals surface area contributed by atoms with E-state index < -0.39 is 0 Å². The lowest BCUT2D eigenvalue weighted by Gasteiger charge is -2.22. The van der Waals surface area contributed by atoms with Gasteiger partial charge in [0.15, 0.2) is 0 Å². The molecule has 0 aromatic heterocycles. The molecule has 104 valence electrons. The zero-order valence-electron chi connectivity index (χ0n) is 11.6. The van der Waals surface area contributed by atoms with Crippen molar-refractivity contribution in [3.05, 3.63) is 29.8 Å². The summed E-state index contributed by atoms with van der Waals surface area (Å²) in [5.41, 5.74) is 7.86. The van der Waals surface area contributed by atoms with Crippen molar-refractivity contribution in [3.8, 4) is 0 Å². The van der Waals surface area contributed by atoms with E-state index in [1.54, 1.807) is 7.05 Å². The monoisotopic (exact) mass is 261 g/mol. The molecular weight excluding hydrogens is 238 g/mol. The number of nitrogens with one attached hydrogen (secondary N) is 1. The van der Waals surface area contributed by atoms with Crippen LogP contribution in [0.15, 0.2) is 24.3 Å². The molecule has 1 fully saturated rings. The molecule has 1 aromatic carbocycles. The number of likely N-dealkylation sites (N-methyl/N-ethyl adjacent to an activating group) is 1. The number of nitrogen functional groups attached to an aromatic ring is 1. The first-order chi connectivity index (χ1) is 9.20. The van der Waals surface area contributed by atoms with E-state index in [0.29, 0.717) is 0 Å². The number of hydrogen-bond acceptors (Lipinski definition) is 3. The molecular formula is C15H23N3O. The van der Waals surface area contributed by atoms with Gasteiger partial charge in [-0.15, -0.1) is 0 Å². The summed E-state index contributed by atoms with van der Waals surface area (Å²) in [5.74, 6) is 0.154. The SMILES string of the molecule is CNC(=O)C1CCCN1CCCc1cccc(N)c1. The molecule has 1 saturated heterocycles. The normalized spacial score (nSPS) is 19.5. The molecule has 1 aliphatic rings. The van der Waals surface area contributed by atoms with Crippen LogP contribution in [0.5, 0.6) is 0 Å². The number of nitrogens with zero attached hydrogens (tertiary/aromatic N) is 1. The van der Waals surface area contributed by atoms with Crippen LogP contribution in [0.1, 0.15) is 24.8 Å². The van der Waals surface area contributed by atoms with E-state index in [1.165, 1.54) is 5.56 Å². The molecule has 1 aromatic rings. The lowest BCUT2D eigenvalue weighted by atomic mass is 10.1. The van der Waals surface area contributed by atoms with Crippen LogP contribution in [0, 0.1) is 0 Å². The Morgan fingerprint density at radius 1 is 1.53 bits per heavy atom. The number of benzene rings is 1. The molecule has 4 nitrogen and oxygen atoms in total. The predicted octanol–water partition coefficient (Wildman–Crippen LogP) is 1.41. The summed E-state index contributed by atoms with van der Waals surface area (Å²) in [6.07, 6.45) is 4.19. The van der Waals surface area contributed by atoms with E-state index in [1.807, 2.05) is 18.2 Å². The largest absolute Gasteiger partial charge is 0.399 e. The van der Waals surface area contributed by atoms with Crippen molar-refractivity contribution in [2.45, 2.75) is 31.7 Å². The second kappa shape index (κ2) is 6.57. The number of amides is 1. The number of hydrogen-bond donors (Lipinski definition) is 2. The Labute approximate surface area is 115 Å². The van der Waals surface area contributed by atoms with Crippen LogP contribution in [0.2, 0.25) is 0 Å². The molecule has 0 aliphatic carbocycles. The summed E-state index contributed by atoms with van der Waals surface area (Å²) in [4.78, 5) is 14.0. The highest BCUT2D eigenvalue weighted by molar-refractivity contribution is 5.81. The van der Waals surface area contributed by atoms with Gasteiger partial charge in [-0.3, -0.25) is 9.69 Å². The summed E-state index contributed by atoms with van der Waals surface area (Å²) >= 11 is 0. The number of carbonyl (C=O) groups excluding carboxylic acids is 1. The molecule has 19 heavy (non-hydrogen) atoms. The van der Waals surface area contributed by atoms with Crippen molar-refractivity contribution in [3.63, 3.8) is 0 Å². The lowest BCUT2D eigenvalue weighted by molar-refractivity contribution is -0.124. The third-order valence-electron chi connectivity index (χ3n) is 3.77. The van der Waals surface area contributed by atoms with Gasteiger partial charge in [0.05, 0.1) is 6.04 Å². The smallest absolute Gasteiger partial charge is 0.237 e. The second-order valence-corrected chi connectivity index (χ2v) is 5.16. The minimum absolute atomic E-state index is 0.0749. The van der Waals surface area contributed by atoms with E-state index in [-0.39, 0.29) is 11.9 Å². The van der Waals surface area contributed by atoms with E-state index in [0.717, 1.165) is 44.5 Å². The zero-order chi connectivity index (χ0) is 13.7. The van der Waals surface area contributed by atoms with Crippen LogP contribution in [-0.2, 0) is 11.2 Å². The second-order valence-electron chi connectivity index (χ2n) is 5.16. The lowest BCUT2D eigenvalue weighted by Crippen LogP contribution is -2.42. The fourth-order valence-corrected chi connectivity index (χ4v) is 2.79. The molecule has 1 aliphatic heterocycles. The van der Waals surface area contributed by atoms with Gasteiger partial charge in [-0.05, 0) is 56.5 Å². The van der Waals surface area contributed by atoms with Gasteiger partial charge in [0.25, 0.3) is 0 Å². The topological polar surface area (TPSA) is 58.4 Å². The van der Waals surface area contributed by atoms with Crippen molar-refractivity contribution in [1.29, 1.82) is 0 Å². The van der Waals surface area contributed by atoms with Gasteiger partial charge in [-0.2, -0.15) is 0 Å². The third kappa shape index (κ3) is 3.70. The van der Waals surface area contributed by atoms with Gasteiger partial charge in [0.1, 0.15) is 0 Å². The highest BCUT2D eigenvalue weighted by atomic mass is 16.2. The molecule has 2 rings (SSSR count). The number of carbonyl (C=O) groups is 1. The molecule has 1 amide bonds. The first kappa shape index (κ1) is 13.9.